The first-order chi connectivity index (χ1) is 9.36. The highest BCUT2D eigenvalue weighted by atomic mass is 16.1. The van der Waals surface area contributed by atoms with Gasteiger partial charge < -0.3 is 20.9 Å². The lowest BCUT2D eigenvalue weighted by atomic mass is 10.1. The second-order valence-electron chi connectivity index (χ2n) is 6.20. The van der Waals surface area contributed by atoms with Gasteiger partial charge in [-0.25, -0.2) is 0 Å². The van der Waals surface area contributed by atoms with Crippen LogP contribution in [0.4, 0.5) is 0 Å². The van der Waals surface area contributed by atoms with Gasteiger partial charge in [0.1, 0.15) is 0 Å². The summed E-state index contributed by atoms with van der Waals surface area (Å²) in [6.07, 6.45) is 1.80. The minimum atomic E-state index is -0.240. The standard InChI is InChI=1S/C15H34N4O/c1-6-8-17-14(15(16)20)7-9-19(12-13(2)3)11-10-18(4)5/h13-14,17H,6-12H2,1-5H3,(H2,16,20). The fourth-order valence-corrected chi connectivity index (χ4v) is 2.13. The van der Waals surface area contributed by atoms with Crippen molar-refractivity contribution >= 4 is 5.91 Å². The van der Waals surface area contributed by atoms with E-state index in [2.05, 4.69) is 50.0 Å². The van der Waals surface area contributed by atoms with E-state index in [9.17, 15) is 4.79 Å². The number of nitrogens with zero attached hydrogens (tertiary/aromatic N) is 2. The summed E-state index contributed by atoms with van der Waals surface area (Å²) in [5.41, 5.74) is 5.46. The van der Waals surface area contributed by atoms with Gasteiger partial charge in [0.2, 0.25) is 5.91 Å². The van der Waals surface area contributed by atoms with Crippen molar-refractivity contribution in [1.29, 1.82) is 0 Å². The van der Waals surface area contributed by atoms with Crippen molar-refractivity contribution in [1.82, 2.24) is 15.1 Å². The summed E-state index contributed by atoms with van der Waals surface area (Å²) < 4.78 is 0. The number of amides is 1. The van der Waals surface area contributed by atoms with Crippen LogP contribution in [0.15, 0.2) is 0 Å². The van der Waals surface area contributed by atoms with Gasteiger partial charge in [0, 0.05) is 26.2 Å². The average Bonchev–Trinajstić information content (AvgIpc) is 2.34. The maximum atomic E-state index is 11.4. The second-order valence-corrected chi connectivity index (χ2v) is 6.20. The summed E-state index contributed by atoms with van der Waals surface area (Å²) in [5.74, 6) is 0.392. The predicted octanol–water partition coefficient (Wildman–Crippen LogP) is 0.750. The van der Waals surface area contributed by atoms with Crippen LogP contribution in [0, 0.1) is 5.92 Å². The fourth-order valence-electron chi connectivity index (χ4n) is 2.13. The highest BCUT2D eigenvalue weighted by Crippen LogP contribution is 2.02. The normalized spacial score (nSPS) is 13.4. The number of nitrogens with two attached hydrogens (primary N) is 1. The highest BCUT2D eigenvalue weighted by molar-refractivity contribution is 5.79. The topological polar surface area (TPSA) is 61.6 Å². The molecule has 0 saturated carbocycles. The molecule has 0 spiro atoms. The Morgan fingerprint density at radius 1 is 1.20 bits per heavy atom. The predicted molar refractivity (Wildman–Crippen MR) is 85.7 cm³/mol. The van der Waals surface area contributed by atoms with E-state index in [0.29, 0.717) is 5.92 Å². The zero-order valence-corrected chi connectivity index (χ0v) is 14.0. The van der Waals surface area contributed by atoms with E-state index in [0.717, 1.165) is 45.6 Å². The molecule has 0 aliphatic carbocycles. The summed E-state index contributed by atoms with van der Waals surface area (Å²) in [5, 5.41) is 3.23. The minimum absolute atomic E-state index is 0.205. The summed E-state index contributed by atoms with van der Waals surface area (Å²) in [7, 11) is 4.17. The number of carbonyl (C=O) groups is 1. The third kappa shape index (κ3) is 10.2. The molecule has 0 saturated heterocycles. The Morgan fingerprint density at radius 3 is 2.30 bits per heavy atom. The molecule has 120 valence electrons. The Labute approximate surface area is 124 Å². The first-order valence-electron chi connectivity index (χ1n) is 7.76. The highest BCUT2D eigenvalue weighted by Gasteiger charge is 2.16. The molecule has 0 aromatic heterocycles. The number of hydrogen-bond acceptors (Lipinski definition) is 4. The number of hydrogen-bond donors (Lipinski definition) is 2. The maximum absolute atomic E-state index is 11.4. The van der Waals surface area contributed by atoms with Crippen LogP contribution in [0.25, 0.3) is 0 Å². The molecule has 0 radical (unpaired) electrons. The molecule has 0 aromatic rings. The van der Waals surface area contributed by atoms with Crippen molar-refractivity contribution < 1.29 is 4.79 Å². The summed E-state index contributed by atoms with van der Waals surface area (Å²) in [6, 6.07) is -0.205. The van der Waals surface area contributed by atoms with Crippen molar-refractivity contribution in [2.24, 2.45) is 11.7 Å². The Morgan fingerprint density at radius 2 is 1.85 bits per heavy atom. The molecular weight excluding hydrogens is 252 g/mol. The monoisotopic (exact) mass is 286 g/mol. The first kappa shape index (κ1) is 19.4. The quantitative estimate of drug-likeness (QED) is 0.556. The van der Waals surface area contributed by atoms with E-state index in [-0.39, 0.29) is 11.9 Å². The number of rotatable bonds is 12. The van der Waals surface area contributed by atoms with Crippen LogP contribution in [0.1, 0.15) is 33.6 Å². The van der Waals surface area contributed by atoms with Crippen LogP contribution in [0.3, 0.4) is 0 Å². The average molecular weight is 286 g/mol. The Hall–Kier alpha value is -0.650. The molecule has 1 amide bonds. The van der Waals surface area contributed by atoms with Gasteiger partial charge in [0.15, 0.2) is 0 Å². The number of primary amides is 1. The van der Waals surface area contributed by atoms with Gasteiger partial charge in [0.25, 0.3) is 0 Å². The molecule has 0 aliphatic heterocycles. The second kappa shape index (κ2) is 11.1. The van der Waals surface area contributed by atoms with Crippen LogP contribution in [-0.4, -0.2) is 68.6 Å². The summed E-state index contributed by atoms with van der Waals surface area (Å²) >= 11 is 0. The molecular formula is C15H34N4O. The molecule has 0 rings (SSSR count). The van der Waals surface area contributed by atoms with E-state index in [1.165, 1.54) is 0 Å². The third-order valence-corrected chi connectivity index (χ3v) is 3.20. The lowest BCUT2D eigenvalue weighted by molar-refractivity contribution is -0.120. The summed E-state index contributed by atoms with van der Waals surface area (Å²) in [6.45, 7) is 11.4. The van der Waals surface area contributed by atoms with Crippen molar-refractivity contribution in [2.45, 2.75) is 39.7 Å². The molecule has 1 unspecified atom stereocenters. The molecule has 1 atom stereocenters. The van der Waals surface area contributed by atoms with Crippen LogP contribution in [-0.2, 0) is 4.79 Å². The smallest absolute Gasteiger partial charge is 0.234 e. The van der Waals surface area contributed by atoms with E-state index in [1.807, 2.05) is 0 Å². The Kier molecular flexibility index (Phi) is 10.7. The lowest BCUT2D eigenvalue weighted by Gasteiger charge is -2.27. The van der Waals surface area contributed by atoms with Gasteiger partial charge in [-0.1, -0.05) is 20.8 Å². The molecule has 20 heavy (non-hydrogen) atoms. The first-order valence-corrected chi connectivity index (χ1v) is 7.76. The van der Waals surface area contributed by atoms with Crippen LogP contribution in [0.5, 0.6) is 0 Å². The molecule has 0 aromatic carbocycles. The molecule has 5 nitrogen and oxygen atoms in total. The number of carbonyl (C=O) groups excluding carboxylic acids is 1. The SMILES string of the molecule is CCCNC(CCN(CCN(C)C)CC(C)C)C(N)=O. The number of likely N-dealkylation sites (N-methyl/N-ethyl adjacent to an activating group) is 1. The van der Waals surface area contributed by atoms with Gasteiger partial charge in [-0.3, -0.25) is 4.79 Å². The largest absolute Gasteiger partial charge is 0.368 e. The minimum Gasteiger partial charge on any atom is -0.368 e. The van der Waals surface area contributed by atoms with Crippen LogP contribution < -0.4 is 11.1 Å². The Balaban J connectivity index is 4.27. The zero-order chi connectivity index (χ0) is 15.5. The molecule has 0 heterocycles. The van der Waals surface area contributed by atoms with E-state index in [1.54, 1.807) is 0 Å². The molecule has 3 N–H and O–H groups in total. The van der Waals surface area contributed by atoms with E-state index in [4.69, 9.17) is 5.73 Å². The van der Waals surface area contributed by atoms with Gasteiger partial charge in [-0.05, 0) is 39.4 Å². The third-order valence-electron chi connectivity index (χ3n) is 3.20. The van der Waals surface area contributed by atoms with Crippen molar-refractivity contribution in [3.63, 3.8) is 0 Å². The lowest BCUT2D eigenvalue weighted by Crippen LogP contribution is -2.45. The van der Waals surface area contributed by atoms with Crippen molar-refractivity contribution in [3.05, 3.63) is 0 Å². The summed E-state index contributed by atoms with van der Waals surface area (Å²) in [4.78, 5) is 16.1. The molecule has 0 fully saturated rings. The van der Waals surface area contributed by atoms with Gasteiger partial charge in [0.05, 0.1) is 6.04 Å². The van der Waals surface area contributed by atoms with Gasteiger partial charge in [-0.15, -0.1) is 0 Å². The van der Waals surface area contributed by atoms with E-state index < -0.39 is 0 Å². The number of nitrogens with one attached hydrogen (secondary N) is 1. The molecule has 0 bridgehead atoms. The molecule has 0 aliphatic rings. The van der Waals surface area contributed by atoms with Crippen molar-refractivity contribution in [3.8, 4) is 0 Å². The van der Waals surface area contributed by atoms with E-state index >= 15 is 0 Å². The fraction of sp³-hybridized carbons (Fsp3) is 0.933. The van der Waals surface area contributed by atoms with Crippen LogP contribution >= 0.6 is 0 Å². The Bertz CT molecular complexity index is 256. The van der Waals surface area contributed by atoms with Gasteiger partial charge in [-0.2, -0.15) is 0 Å². The van der Waals surface area contributed by atoms with Crippen LogP contribution in [0.2, 0.25) is 0 Å². The van der Waals surface area contributed by atoms with Crippen molar-refractivity contribution in [2.75, 3.05) is 46.8 Å². The zero-order valence-electron chi connectivity index (χ0n) is 14.0. The van der Waals surface area contributed by atoms with Gasteiger partial charge >= 0.3 is 0 Å². The molecule has 5 heteroatoms. The maximum Gasteiger partial charge on any atom is 0.234 e.